The van der Waals surface area contributed by atoms with Crippen molar-refractivity contribution in [2.45, 2.75) is 31.9 Å². The Morgan fingerprint density at radius 2 is 1.84 bits per heavy atom. The molecule has 0 spiro atoms. The van der Waals surface area contributed by atoms with Crippen LogP contribution >= 0.6 is 0 Å². The zero-order valence-electron chi connectivity index (χ0n) is 15.0. The number of nitrogens with one attached hydrogen (secondary N) is 1. The highest BCUT2D eigenvalue weighted by Gasteiger charge is 2.35. The Kier molecular flexibility index (Phi) is 4.57. The van der Waals surface area contributed by atoms with E-state index in [1.807, 2.05) is 38.1 Å². The Bertz CT molecular complexity index is 785. The number of carbonyl (C=O) groups excluding carboxylic acids is 1. The molecule has 1 N–H and O–H groups in total. The van der Waals surface area contributed by atoms with E-state index < -0.39 is 0 Å². The summed E-state index contributed by atoms with van der Waals surface area (Å²) < 4.78 is 16.6. The summed E-state index contributed by atoms with van der Waals surface area (Å²) in [5, 5.41) is 3.12. The fourth-order valence-corrected chi connectivity index (χ4v) is 3.09. The Labute approximate surface area is 147 Å². The van der Waals surface area contributed by atoms with E-state index in [2.05, 4.69) is 5.32 Å². The molecule has 1 atom stereocenters. The number of benzene rings is 2. The van der Waals surface area contributed by atoms with Gasteiger partial charge in [0.25, 0.3) is 5.91 Å². The maximum atomic E-state index is 12.7. The average molecular weight is 341 g/mol. The Morgan fingerprint density at radius 3 is 2.56 bits per heavy atom. The van der Waals surface area contributed by atoms with Crippen molar-refractivity contribution in [1.82, 2.24) is 5.32 Å². The molecule has 3 rings (SSSR count). The first-order valence-electron chi connectivity index (χ1n) is 8.24. The van der Waals surface area contributed by atoms with Gasteiger partial charge in [-0.15, -0.1) is 0 Å². The molecule has 0 saturated heterocycles. The molecule has 5 heteroatoms. The minimum absolute atomic E-state index is 0.143. The first kappa shape index (κ1) is 17.1. The van der Waals surface area contributed by atoms with Crippen LogP contribution in [0.15, 0.2) is 42.5 Å². The zero-order chi connectivity index (χ0) is 18.0. The number of rotatable bonds is 4. The molecule has 0 saturated carbocycles. The van der Waals surface area contributed by atoms with Gasteiger partial charge in [0.1, 0.15) is 22.8 Å². The molecular weight excluding hydrogens is 318 g/mol. The predicted molar refractivity (Wildman–Crippen MR) is 95.5 cm³/mol. The van der Waals surface area contributed by atoms with Crippen LogP contribution in [0.2, 0.25) is 0 Å². The highest BCUT2D eigenvalue weighted by Crippen LogP contribution is 2.41. The smallest absolute Gasteiger partial charge is 0.251 e. The van der Waals surface area contributed by atoms with Crippen molar-refractivity contribution in [1.29, 1.82) is 0 Å². The topological polar surface area (TPSA) is 56.8 Å². The SMILES string of the molecule is COc1cccc(C(=O)N[C@H]2CC(C)(C)Oc3ccc(OC)cc32)c1. The second-order valence-corrected chi connectivity index (χ2v) is 6.73. The largest absolute Gasteiger partial charge is 0.497 e. The lowest BCUT2D eigenvalue weighted by atomic mass is 9.89. The number of ether oxygens (including phenoxy) is 3. The van der Waals surface area contributed by atoms with E-state index in [4.69, 9.17) is 14.2 Å². The zero-order valence-corrected chi connectivity index (χ0v) is 15.0. The van der Waals surface area contributed by atoms with Crippen LogP contribution < -0.4 is 19.5 Å². The van der Waals surface area contributed by atoms with E-state index >= 15 is 0 Å². The molecule has 1 aliphatic heterocycles. The quantitative estimate of drug-likeness (QED) is 0.920. The molecule has 1 aliphatic rings. The molecule has 2 aromatic carbocycles. The molecule has 0 aliphatic carbocycles. The van der Waals surface area contributed by atoms with Gasteiger partial charge < -0.3 is 19.5 Å². The normalized spacial score (nSPS) is 17.8. The molecule has 0 fully saturated rings. The van der Waals surface area contributed by atoms with E-state index in [1.54, 1.807) is 32.4 Å². The van der Waals surface area contributed by atoms with Crippen LogP contribution in [0.25, 0.3) is 0 Å². The Hall–Kier alpha value is -2.69. The number of methoxy groups -OCH3 is 2. The summed E-state index contributed by atoms with van der Waals surface area (Å²) in [4.78, 5) is 12.7. The fraction of sp³-hybridized carbons (Fsp3) is 0.350. The molecule has 5 nitrogen and oxygen atoms in total. The van der Waals surface area contributed by atoms with E-state index in [9.17, 15) is 4.79 Å². The van der Waals surface area contributed by atoms with Gasteiger partial charge in [-0.25, -0.2) is 0 Å². The standard InChI is InChI=1S/C20H23NO4/c1-20(2)12-17(16-11-15(24-4)8-9-18(16)25-20)21-19(22)13-6-5-7-14(10-13)23-3/h5-11,17H,12H2,1-4H3,(H,21,22)/t17-/m0/s1. The second-order valence-electron chi connectivity index (χ2n) is 6.73. The van der Waals surface area contributed by atoms with Gasteiger partial charge in [-0.2, -0.15) is 0 Å². The summed E-state index contributed by atoms with van der Waals surface area (Å²) >= 11 is 0. The minimum atomic E-state index is -0.367. The van der Waals surface area contributed by atoms with Crippen molar-refractivity contribution >= 4 is 5.91 Å². The summed E-state index contributed by atoms with van der Waals surface area (Å²) in [5.74, 6) is 2.02. The van der Waals surface area contributed by atoms with Crippen molar-refractivity contribution in [3.8, 4) is 17.2 Å². The van der Waals surface area contributed by atoms with E-state index in [-0.39, 0.29) is 17.6 Å². The van der Waals surface area contributed by atoms with Gasteiger partial charge >= 0.3 is 0 Å². The highest BCUT2D eigenvalue weighted by molar-refractivity contribution is 5.94. The first-order chi connectivity index (χ1) is 11.9. The maximum Gasteiger partial charge on any atom is 0.251 e. The van der Waals surface area contributed by atoms with Crippen molar-refractivity contribution in [2.24, 2.45) is 0 Å². The van der Waals surface area contributed by atoms with Gasteiger partial charge in [-0.1, -0.05) is 6.07 Å². The van der Waals surface area contributed by atoms with Gasteiger partial charge in [0.05, 0.1) is 20.3 Å². The lowest BCUT2D eigenvalue weighted by Gasteiger charge is -2.38. The third kappa shape index (κ3) is 3.71. The third-order valence-electron chi connectivity index (χ3n) is 4.31. The molecule has 0 aromatic heterocycles. The first-order valence-corrected chi connectivity index (χ1v) is 8.24. The lowest BCUT2D eigenvalue weighted by molar-refractivity contribution is 0.0618. The van der Waals surface area contributed by atoms with Gasteiger partial charge in [0.2, 0.25) is 0 Å². The summed E-state index contributed by atoms with van der Waals surface area (Å²) in [6, 6.07) is 12.6. The third-order valence-corrected chi connectivity index (χ3v) is 4.31. The monoisotopic (exact) mass is 341 g/mol. The Morgan fingerprint density at radius 1 is 1.12 bits per heavy atom. The second kappa shape index (κ2) is 6.67. The van der Waals surface area contributed by atoms with Crippen LogP contribution in [0.3, 0.4) is 0 Å². The van der Waals surface area contributed by atoms with Gasteiger partial charge in [0.15, 0.2) is 0 Å². The number of amides is 1. The molecule has 1 heterocycles. The fourth-order valence-electron chi connectivity index (χ4n) is 3.09. The van der Waals surface area contributed by atoms with Crippen molar-refractivity contribution in [3.63, 3.8) is 0 Å². The molecule has 1 amide bonds. The van der Waals surface area contributed by atoms with Gasteiger partial charge in [-0.05, 0) is 50.2 Å². The van der Waals surface area contributed by atoms with Crippen LogP contribution in [0, 0.1) is 0 Å². The van der Waals surface area contributed by atoms with Crippen LogP contribution in [0.4, 0.5) is 0 Å². The van der Waals surface area contributed by atoms with Crippen molar-refractivity contribution in [2.75, 3.05) is 14.2 Å². The van der Waals surface area contributed by atoms with Gasteiger partial charge in [0, 0.05) is 17.5 Å². The van der Waals surface area contributed by atoms with Crippen LogP contribution in [0.5, 0.6) is 17.2 Å². The molecule has 2 aromatic rings. The van der Waals surface area contributed by atoms with E-state index in [1.165, 1.54) is 0 Å². The molecule has 132 valence electrons. The van der Waals surface area contributed by atoms with Crippen LogP contribution in [-0.2, 0) is 0 Å². The van der Waals surface area contributed by atoms with Crippen LogP contribution in [0.1, 0.15) is 42.2 Å². The molecule has 0 bridgehead atoms. The lowest BCUT2D eigenvalue weighted by Crippen LogP contribution is -2.41. The van der Waals surface area contributed by atoms with E-state index in [0.717, 1.165) is 17.1 Å². The van der Waals surface area contributed by atoms with Crippen molar-refractivity contribution in [3.05, 3.63) is 53.6 Å². The summed E-state index contributed by atoms with van der Waals surface area (Å²) in [6.07, 6.45) is 0.670. The average Bonchev–Trinajstić information content (AvgIpc) is 2.60. The summed E-state index contributed by atoms with van der Waals surface area (Å²) in [5.41, 5.74) is 1.12. The molecule has 0 radical (unpaired) electrons. The number of carbonyl (C=O) groups is 1. The number of fused-ring (bicyclic) bond motifs is 1. The van der Waals surface area contributed by atoms with Crippen molar-refractivity contribution < 1.29 is 19.0 Å². The predicted octanol–water partition coefficient (Wildman–Crippen LogP) is 3.74. The Balaban J connectivity index is 1.89. The van der Waals surface area contributed by atoms with Crippen LogP contribution in [-0.4, -0.2) is 25.7 Å². The minimum Gasteiger partial charge on any atom is -0.497 e. The maximum absolute atomic E-state index is 12.7. The highest BCUT2D eigenvalue weighted by atomic mass is 16.5. The molecule has 0 unspecified atom stereocenters. The molecule has 25 heavy (non-hydrogen) atoms. The summed E-state index contributed by atoms with van der Waals surface area (Å²) in [6.45, 7) is 4.04. The molecular formula is C20H23NO4. The number of hydrogen-bond donors (Lipinski definition) is 1. The van der Waals surface area contributed by atoms with E-state index in [0.29, 0.717) is 17.7 Å². The van der Waals surface area contributed by atoms with Gasteiger partial charge in [-0.3, -0.25) is 4.79 Å². The number of hydrogen-bond acceptors (Lipinski definition) is 4. The summed E-state index contributed by atoms with van der Waals surface area (Å²) in [7, 11) is 3.21.